The smallest absolute Gasteiger partial charge is 0.305 e. The van der Waals surface area contributed by atoms with E-state index in [-0.39, 0.29) is 18.9 Å². The molecule has 6 heteroatoms. The lowest BCUT2D eigenvalue weighted by Gasteiger charge is -2.34. The van der Waals surface area contributed by atoms with Crippen molar-refractivity contribution < 1.29 is 19.4 Å². The molecule has 1 amide bonds. The van der Waals surface area contributed by atoms with E-state index in [0.717, 1.165) is 17.9 Å². The first-order valence-electron chi connectivity index (χ1n) is 7.23. The number of aromatic nitrogens is 1. The van der Waals surface area contributed by atoms with Crippen molar-refractivity contribution in [1.29, 1.82) is 0 Å². The monoisotopic (exact) mass is 294 g/mol. The van der Waals surface area contributed by atoms with Gasteiger partial charge in [0.25, 0.3) is 5.91 Å². The highest BCUT2D eigenvalue weighted by Gasteiger charge is 2.31. The second kappa shape index (κ2) is 6.30. The molecule has 116 valence electrons. The van der Waals surface area contributed by atoms with E-state index in [9.17, 15) is 9.59 Å². The predicted octanol–water partition coefficient (Wildman–Crippen LogP) is 1.44. The summed E-state index contributed by atoms with van der Waals surface area (Å²) in [6.45, 7) is 7.92. The molecule has 1 aromatic heterocycles. The topological polar surface area (TPSA) is 71.8 Å². The van der Waals surface area contributed by atoms with Crippen LogP contribution >= 0.6 is 0 Å². The van der Waals surface area contributed by atoms with Crippen LogP contribution in [-0.4, -0.2) is 52.3 Å². The summed E-state index contributed by atoms with van der Waals surface area (Å²) < 4.78 is 7.40. The molecule has 0 radical (unpaired) electrons. The van der Waals surface area contributed by atoms with Crippen LogP contribution in [-0.2, 0) is 16.1 Å². The summed E-state index contributed by atoms with van der Waals surface area (Å²) in [4.78, 5) is 25.3. The number of ether oxygens (including phenoxy) is 1. The molecule has 2 heterocycles. The third-order valence-electron chi connectivity index (χ3n) is 4.02. The van der Waals surface area contributed by atoms with Crippen molar-refractivity contribution >= 4 is 11.9 Å². The average Bonchev–Trinajstić information content (AvgIpc) is 2.72. The maximum absolute atomic E-state index is 12.8. The number of hydrogen-bond acceptors (Lipinski definition) is 3. The van der Waals surface area contributed by atoms with Gasteiger partial charge in [-0.25, -0.2) is 0 Å². The predicted molar refractivity (Wildman–Crippen MR) is 77.5 cm³/mol. The van der Waals surface area contributed by atoms with Crippen LogP contribution in [0, 0.1) is 13.8 Å². The van der Waals surface area contributed by atoms with Crippen molar-refractivity contribution in [2.45, 2.75) is 39.8 Å². The molecule has 0 spiro atoms. The van der Waals surface area contributed by atoms with Crippen LogP contribution < -0.4 is 0 Å². The zero-order valence-corrected chi connectivity index (χ0v) is 12.8. The van der Waals surface area contributed by atoms with Crippen molar-refractivity contribution in [3.05, 3.63) is 23.0 Å². The second-order valence-electron chi connectivity index (χ2n) is 5.35. The largest absolute Gasteiger partial charge is 0.481 e. The van der Waals surface area contributed by atoms with E-state index < -0.39 is 12.0 Å². The lowest BCUT2D eigenvalue weighted by Crippen LogP contribution is -2.49. The third kappa shape index (κ3) is 3.10. The van der Waals surface area contributed by atoms with E-state index in [1.165, 1.54) is 0 Å². The molecule has 0 unspecified atom stereocenters. The molecular formula is C15H22N2O4. The first-order valence-corrected chi connectivity index (χ1v) is 7.23. The van der Waals surface area contributed by atoms with E-state index in [1.54, 1.807) is 4.90 Å². The van der Waals surface area contributed by atoms with Crippen molar-refractivity contribution in [1.82, 2.24) is 9.47 Å². The molecule has 1 aliphatic rings. The van der Waals surface area contributed by atoms with Gasteiger partial charge in [-0.05, 0) is 26.8 Å². The highest BCUT2D eigenvalue weighted by molar-refractivity contribution is 5.96. The maximum Gasteiger partial charge on any atom is 0.305 e. The number of aliphatic carboxylic acids is 1. The van der Waals surface area contributed by atoms with Gasteiger partial charge < -0.3 is 19.3 Å². The van der Waals surface area contributed by atoms with Gasteiger partial charge in [0.15, 0.2) is 0 Å². The van der Waals surface area contributed by atoms with Crippen molar-refractivity contribution in [2.75, 3.05) is 19.8 Å². The number of carbonyl (C=O) groups is 2. The molecule has 1 atom stereocenters. The Labute approximate surface area is 124 Å². The van der Waals surface area contributed by atoms with E-state index in [4.69, 9.17) is 9.84 Å². The maximum atomic E-state index is 12.8. The summed E-state index contributed by atoms with van der Waals surface area (Å²) in [7, 11) is 0. The lowest BCUT2D eigenvalue weighted by atomic mass is 10.1. The molecule has 6 nitrogen and oxygen atoms in total. The van der Waals surface area contributed by atoms with Gasteiger partial charge in [0.05, 0.1) is 31.2 Å². The number of carboxylic acids is 1. The Morgan fingerprint density at radius 2 is 2.14 bits per heavy atom. The number of morpholine rings is 1. The van der Waals surface area contributed by atoms with Gasteiger partial charge in [0, 0.05) is 24.5 Å². The van der Waals surface area contributed by atoms with E-state index in [0.29, 0.717) is 18.7 Å². The molecule has 2 rings (SSSR count). The molecule has 0 bridgehead atoms. The Morgan fingerprint density at radius 3 is 2.71 bits per heavy atom. The van der Waals surface area contributed by atoms with Crippen LogP contribution in [0.15, 0.2) is 6.07 Å². The molecule has 1 aliphatic heterocycles. The summed E-state index contributed by atoms with van der Waals surface area (Å²) in [6, 6.07) is 1.49. The fourth-order valence-electron chi connectivity index (χ4n) is 2.95. The zero-order valence-electron chi connectivity index (χ0n) is 12.8. The number of nitrogens with zero attached hydrogens (tertiary/aromatic N) is 2. The fraction of sp³-hybridized carbons (Fsp3) is 0.600. The summed E-state index contributed by atoms with van der Waals surface area (Å²) in [5, 5.41) is 8.98. The standard InChI is InChI=1S/C15H22N2O4/c1-4-16-10(2)7-13(11(16)3)15(20)17-5-6-21-9-12(17)8-14(18)19/h7,12H,4-6,8-9H2,1-3H3,(H,18,19)/t12-/m1/s1. The normalized spacial score (nSPS) is 18.8. The van der Waals surface area contributed by atoms with E-state index >= 15 is 0 Å². The first-order chi connectivity index (χ1) is 9.95. The van der Waals surface area contributed by atoms with Gasteiger partial charge in [0.1, 0.15) is 0 Å². The van der Waals surface area contributed by atoms with Gasteiger partial charge in [-0.2, -0.15) is 0 Å². The molecule has 21 heavy (non-hydrogen) atoms. The molecule has 1 fully saturated rings. The highest BCUT2D eigenvalue weighted by Crippen LogP contribution is 2.20. The van der Waals surface area contributed by atoms with Crippen molar-refractivity contribution in [3.8, 4) is 0 Å². The number of carboxylic acid groups (broad SMARTS) is 1. The Morgan fingerprint density at radius 1 is 1.43 bits per heavy atom. The molecular weight excluding hydrogens is 272 g/mol. The first kappa shape index (κ1) is 15.6. The van der Waals surface area contributed by atoms with Gasteiger partial charge in [-0.3, -0.25) is 9.59 Å². The summed E-state index contributed by atoms with van der Waals surface area (Å²) in [5.41, 5.74) is 2.63. The van der Waals surface area contributed by atoms with Gasteiger partial charge >= 0.3 is 5.97 Å². The van der Waals surface area contributed by atoms with Gasteiger partial charge in [-0.15, -0.1) is 0 Å². The minimum atomic E-state index is -0.915. The number of hydrogen-bond donors (Lipinski definition) is 1. The highest BCUT2D eigenvalue weighted by atomic mass is 16.5. The summed E-state index contributed by atoms with van der Waals surface area (Å²) in [6.07, 6.45) is -0.0851. The molecule has 1 saturated heterocycles. The van der Waals surface area contributed by atoms with E-state index in [1.807, 2.05) is 26.8 Å². The molecule has 0 aromatic carbocycles. The zero-order chi connectivity index (χ0) is 15.6. The Kier molecular flexibility index (Phi) is 4.67. The second-order valence-corrected chi connectivity index (χ2v) is 5.35. The number of rotatable bonds is 4. The molecule has 1 N–H and O–H groups in total. The quantitative estimate of drug-likeness (QED) is 0.912. The van der Waals surface area contributed by atoms with Crippen LogP contribution in [0.5, 0.6) is 0 Å². The summed E-state index contributed by atoms with van der Waals surface area (Å²) >= 11 is 0. The number of aryl methyl sites for hydroxylation is 1. The molecule has 1 aromatic rings. The van der Waals surface area contributed by atoms with Gasteiger partial charge in [-0.1, -0.05) is 0 Å². The fourth-order valence-corrected chi connectivity index (χ4v) is 2.95. The Bertz CT molecular complexity index is 550. The minimum absolute atomic E-state index is 0.0851. The van der Waals surface area contributed by atoms with Crippen molar-refractivity contribution in [3.63, 3.8) is 0 Å². The SMILES string of the molecule is CCn1c(C)cc(C(=O)N2CCOC[C@H]2CC(=O)O)c1C. The van der Waals surface area contributed by atoms with Crippen LogP contribution in [0.4, 0.5) is 0 Å². The summed E-state index contributed by atoms with van der Waals surface area (Å²) in [5.74, 6) is -1.01. The van der Waals surface area contributed by atoms with Crippen LogP contribution in [0.3, 0.4) is 0 Å². The third-order valence-corrected chi connectivity index (χ3v) is 4.02. The van der Waals surface area contributed by atoms with Crippen LogP contribution in [0.1, 0.15) is 35.1 Å². The van der Waals surface area contributed by atoms with Gasteiger partial charge in [0.2, 0.25) is 0 Å². The lowest BCUT2D eigenvalue weighted by molar-refractivity contribution is -0.139. The average molecular weight is 294 g/mol. The Balaban J connectivity index is 2.26. The Hall–Kier alpha value is -1.82. The number of amides is 1. The number of carbonyl (C=O) groups excluding carboxylic acids is 1. The molecule has 0 aliphatic carbocycles. The van der Waals surface area contributed by atoms with Crippen molar-refractivity contribution in [2.24, 2.45) is 0 Å². The minimum Gasteiger partial charge on any atom is -0.481 e. The van der Waals surface area contributed by atoms with Crippen LogP contribution in [0.2, 0.25) is 0 Å². The van der Waals surface area contributed by atoms with E-state index in [2.05, 4.69) is 4.57 Å². The molecule has 0 saturated carbocycles. The van der Waals surface area contributed by atoms with Crippen LogP contribution in [0.25, 0.3) is 0 Å².